The SMILES string of the molecule is C=C1CN(S(=O)(=O)c2ccc(C)cc2)CC1(C=O)CCOCc1ccccc1. The maximum absolute atomic E-state index is 12.9. The summed E-state index contributed by atoms with van der Waals surface area (Å²) in [5.41, 5.74) is 1.75. The van der Waals surface area contributed by atoms with E-state index in [0.29, 0.717) is 25.2 Å². The largest absolute Gasteiger partial charge is 0.377 e. The molecule has 0 aromatic heterocycles. The molecule has 1 aliphatic heterocycles. The number of ether oxygens (including phenoxy) is 1. The summed E-state index contributed by atoms with van der Waals surface area (Å²) in [6.45, 7) is 6.95. The molecule has 1 unspecified atom stereocenters. The first-order chi connectivity index (χ1) is 13.4. The summed E-state index contributed by atoms with van der Waals surface area (Å²) in [6.07, 6.45) is 1.23. The predicted octanol–water partition coefficient (Wildman–Crippen LogP) is 3.35. The Morgan fingerprint density at radius 2 is 1.82 bits per heavy atom. The van der Waals surface area contributed by atoms with Gasteiger partial charge >= 0.3 is 0 Å². The molecule has 1 heterocycles. The molecule has 1 saturated heterocycles. The van der Waals surface area contributed by atoms with Crippen molar-refractivity contribution < 1.29 is 17.9 Å². The van der Waals surface area contributed by atoms with Gasteiger partial charge in [0.05, 0.1) is 16.9 Å². The highest BCUT2D eigenvalue weighted by Crippen LogP contribution is 2.38. The Balaban J connectivity index is 1.66. The Morgan fingerprint density at radius 1 is 1.14 bits per heavy atom. The molecule has 28 heavy (non-hydrogen) atoms. The molecule has 6 heteroatoms. The van der Waals surface area contributed by atoms with E-state index in [4.69, 9.17) is 4.74 Å². The zero-order chi connectivity index (χ0) is 20.2. The van der Waals surface area contributed by atoms with E-state index in [-0.39, 0.29) is 18.0 Å². The first-order valence-electron chi connectivity index (χ1n) is 9.20. The average Bonchev–Trinajstić information content (AvgIpc) is 3.04. The number of hydrogen-bond donors (Lipinski definition) is 0. The van der Waals surface area contributed by atoms with Crippen LogP contribution >= 0.6 is 0 Å². The third-order valence-corrected chi connectivity index (χ3v) is 7.02. The molecular formula is C22H25NO4S. The monoisotopic (exact) mass is 399 g/mol. The first-order valence-corrected chi connectivity index (χ1v) is 10.6. The normalized spacial score (nSPS) is 20.4. The van der Waals surface area contributed by atoms with E-state index in [1.807, 2.05) is 37.3 Å². The van der Waals surface area contributed by atoms with Gasteiger partial charge in [0.1, 0.15) is 6.29 Å². The molecule has 5 nitrogen and oxygen atoms in total. The highest BCUT2D eigenvalue weighted by Gasteiger charge is 2.45. The molecule has 0 N–H and O–H groups in total. The lowest BCUT2D eigenvalue weighted by Gasteiger charge is -2.24. The van der Waals surface area contributed by atoms with Crippen LogP contribution in [-0.2, 0) is 26.2 Å². The van der Waals surface area contributed by atoms with Crippen LogP contribution in [0.3, 0.4) is 0 Å². The van der Waals surface area contributed by atoms with Crippen LogP contribution in [0, 0.1) is 12.3 Å². The second-order valence-electron chi connectivity index (χ2n) is 7.25. The third-order valence-electron chi connectivity index (χ3n) is 5.22. The summed E-state index contributed by atoms with van der Waals surface area (Å²) in [7, 11) is -3.67. The van der Waals surface area contributed by atoms with Crippen LogP contribution in [-0.4, -0.2) is 38.7 Å². The van der Waals surface area contributed by atoms with Gasteiger partial charge in [0, 0.05) is 19.7 Å². The van der Waals surface area contributed by atoms with Gasteiger partial charge in [-0.25, -0.2) is 8.42 Å². The molecule has 0 bridgehead atoms. The van der Waals surface area contributed by atoms with E-state index in [1.165, 1.54) is 4.31 Å². The van der Waals surface area contributed by atoms with Gasteiger partial charge < -0.3 is 9.53 Å². The van der Waals surface area contributed by atoms with E-state index < -0.39 is 15.4 Å². The Labute approximate surface area is 166 Å². The van der Waals surface area contributed by atoms with Crippen molar-refractivity contribution in [1.82, 2.24) is 4.31 Å². The lowest BCUT2D eigenvalue weighted by molar-refractivity contribution is -0.114. The van der Waals surface area contributed by atoms with Gasteiger partial charge in [-0.1, -0.05) is 54.6 Å². The minimum atomic E-state index is -3.67. The highest BCUT2D eigenvalue weighted by atomic mass is 32.2. The summed E-state index contributed by atoms with van der Waals surface area (Å²) in [5, 5.41) is 0. The van der Waals surface area contributed by atoms with Crippen LogP contribution < -0.4 is 0 Å². The van der Waals surface area contributed by atoms with E-state index in [2.05, 4.69) is 6.58 Å². The molecule has 1 fully saturated rings. The van der Waals surface area contributed by atoms with Gasteiger partial charge in [0.25, 0.3) is 0 Å². The molecule has 0 aliphatic carbocycles. The molecule has 1 atom stereocenters. The number of nitrogens with zero attached hydrogens (tertiary/aromatic N) is 1. The van der Waals surface area contributed by atoms with Gasteiger partial charge in [0.2, 0.25) is 10.0 Å². The van der Waals surface area contributed by atoms with Crippen molar-refractivity contribution in [3.05, 3.63) is 77.9 Å². The lowest BCUT2D eigenvalue weighted by Crippen LogP contribution is -2.34. The number of benzene rings is 2. The fraction of sp³-hybridized carbons (Fsp3) is 0.318. The maximum atomic E-state index is 12.9. The molecule has 148 valence electrons. The average molecular weight is 400 g/mol. The second kappa shape index (κ2) is 8.39. The van der Waals surface area contributed by atoms with Gasteiger partial charge in [-0.2, -0.15) is 4.31 Å². The van der Waals surface area contributed by atoms with Crippen LogP contribution in [0.1, 0.15) is 17.5 Å². The molecule has 0 spiro atoms. The van der Waals surface area contributed by atoms with Crippen molar-refractivity contribution in [2.75, 3.05) is 19.7 Å². The summed E-state index contributed by atoms with van der Waals surface area (Å²) in [5.74, 6) is 0. The topological polar surface area (TPSA) is 63.7 Å². The van der Waals surface area contributed by atoms with Crippen LogP contribution in [0.4, 0.5) is 0 Å². The fourth-order valence-corrected chi connectivity index (χ4v) is 4.84. The molecule has 2 aromatic rings. The van der Waals surface area contributed by atoms with Crippen molar-refractivity contribution in [2.45, 2.75) is 24.8 Å². The summed E-state index contributed by atoms with van der Waals surface area (Å²) in [6, 6.07) is 16.5. The van der Waals surface area contributed by atoms with Gasteiger partial charge in [0.15, 0.2) is 0 Å². The van der Waals surface area contributed by atoms with Crippen molar-refractivity contribution in [3.63, 3.8) is 0 Å². The van der Waals surface area contributed by atoms with Crippen LogP contribution in [0.25, 0.3) is 0 Å². The number of aldehydes is 1. The van der Waals surface area contributed by atoms with Crippen molar-refractivity contribution in [2.24, 2.45) is 5.41 Å². The molecule has 1 aliphatic rings. The molecule has 0 saturated carbocycles. The Kier molecular flexibility index (Phi) is 6.13. The maximum Gasteiger partial charge on any atom is 0.243 e. The van der Waals surface area contributed by atoms with Gasteiger partial charge in [-0.15, -0.1) is 0 Å². The van der Waals surface area contributed by atoms with E-state index >= 15 is 0 Å². The Morgan fingerprint density at radius 3 is 2.46 bits per heavy atom. The van der Waals surface area contributed by atoms with E-state index in [0.717, 1.165) is 17.4 Å². The zero-order valence-corrected chi connectivity index (χ0v) is 16.8. The number of carbonyl (C=O) groups excluding carboxylic acids is 1. The molecule has 3 rings (SSSR count). The number of carbonyl (C=O) groups is 1. The third kappa shape index (κ3) is 4.24. The summed E-state index contributed by atoms with van der Waals surface area (Å²) in [4.78, 5) is 12.1. The highest BCUT2D eigenvalue weighted by molar-refractivity contribution is 7.89. The second-order valence-corrected chi connectivity index (χ2v) is 9.19. The van der Waals surface area contributed by atoms with Crippen molar-refractivity contribution in [1.29, 1.82) is 0 Å². The molecular weight excluding hydrogens is 374 g/mol. The summed E-state index contributed by atoms with van der Waals surface area (Å²) < 4.78 is 32.9. The summed E-state index contributed by atoms with van der Waals surface area (Å²) >= 11 is 0. The van der Waals surface area contributed by atoms with E-state index in [1.54, 1.807) is 24.3 Å². The van der Waals surface area contributed by atoms with Crippen LogP contribution in [0.2, 0.25) is 0 Å². The van der Waals surface area contributed by atoms with Crippen LogP contribution in [0.15, 0.2) is 71.6 Å². The predicted molar refractivity (Wildman–Crippen MR) is 108 cm³/mol. The van der Waals surface area contributed by atoms with Gasteiger partial charge in [-0.3, -0.25) is 0 Å². The Hall–Kier alpha value is -2.28. The molecule has 0 radical (unpaired) electrons. The standard InChI is InChI=1S/C22H25NO4S/c1-18-8-10-21(11-9-18)28(25,26)23-14-19(2)22(16-23,17-24)12-13-27-15-20-6-4-3-5-7-20/h3-11,17H,2,12-16H2,1H3. The number of aryl methyl sites for hydroxylation is 1. The lowest BCUT2D eigenvalue weighted by atomic mass is 9.82. The number of rotatable bonds is 8. The Bertz CT molecular complexity index is 938. The van der Waals surface area contributed by atoms with Crippen LogP contribution in [0.5, 0.6) is 0 Å². The molecule has 2 aromatic carbocycles. The number of sulfonamides is 1. The van der Waals surface area contributed by atoms with Crippen molar-refractivity contribution >= 4 is 16.3 Å². The minimum absolute atomic E-state index is 0.0975. The number of hydrogen-bond acceptors (Lipinski definition) is 4. The minimum Gasteiger partial charge on any atom is -0.377 e. The van der Waals surface area contributed by atoms with Gasteiger partial charge in [-0.05, 0) is 36.6 Å². The zero-order valence-electron chi connectivity index (χ0n) is 16.0. The fourth-order valence-electron chi connectivity index (χ4n) is 3.34. The van der Waals surface area contributed by atoms with E-state index in [9.17, 15) is 13.2 Å². The first kappa shape index (κ1) is 20.5. The quantitative estimate of drug-likeness (QED) is 0.388. The molecule has 0 amide bonds. The smallest absolute Gasteiger partial charge is 0.243 e. The van der Waals surface area contributed by atoms with Crippen molar-refractivity contribution in [3.8, 4) is 0 Å².